The molecule has 5 nitrogen and oxygen atoms in total. The number of amides is 2. The minimum atomic E-state index is -0.280. The summed E-state index contributed by atoms with van der Waals surface area (Å²) in [6, 6.07) is 16.8. The summed E-state index contributed by atoms with van der Waals surface area (Å²) in [5, 5.41) is 6.38. The molecular weight excluding hydrogens is 401 g/mol. The van der Waals surface area contributed by atoms with Crippen molar-refractivity contribution in [2.45, 2.75) is 29.7 Å². The van der Waals surface area contributed by atoms with Crippen LogP contribution in [0.1, 0.15) is 39.1 Å². The van der Waals surface area contributed by atoms with E-state index in [1.165, 1.54) is 23.9 Å². The lowest BCUT2D eigenvalue weighted by Crippen LogP contribution is -2.25. The van der Waals surface area contributed by atoms with Gasteiger partial charge in [-0.3, -0.25) is 9.59 Å². The van der Waals surface area contributed by atoms with E-state index in [0.29, 0.717) is 33.6 Å². The fourth-order valence-corrected chi connectivity index (χ4v) is 3.76. The first-order valence-corrected chi connectivity index (χ1v) is 10.6. The molecule has 1 aromatic heterocycles. The van der Waals surface area contributed by atoms with Gasteiger partial charge in [0.25, 0.3) is 11.8 Å². The summed E-state index contributed by atoms with van der Waals surface area (Å²) >= 11 is 1.42. The Morgan fingerprint density at radius 3 is 2.43 bits per heavy atom. The minimum absolute atomic E-state index is 0.0953. The molecule has 1 aliphatic rings. The molecule has 1 saturated carbocycles. The van der Waals surface area contributed by atoms with Crippen LogP contribution in [0, 0.1) is 5.82 Å². The van der Waals surface area contributed by atoms with E-state index < -0.39 is 0 Å². The van der Waals surface area contributed by atoms with Crippen molar-refractivity contribution >= 4 is 29.3 Å². The Bertz CT molecular complexity index is 1050. The summed E-state index contributed by atoms with van der Waals surface area (Å²) < 4.78 is 13.1. The maximum absolute atomic E-state index is 13.1. The first-order valence-electron chi connectivity index (χ1n) is 9.63. The second kappa shape index (κ2) is 9.09. The fourth-order valence-electron chi connectivity index (χ4n) is 2.81. The molecule has 0 spiro atoms. The highest BCUT2D eigenvalue weighted by Gasteiger charge is 2.23. The number of hydrogen-bond donors (Lipinski definition) is 2. The van der Waals surface area contributed by atoms with Gasteiger partial charge in [0.2, 0.25) is 0 Å². The van der Waals surface area contributed by atoms with Crippen LogP contribution in [0.15, 0.2) is 71.9 Å². The lowest BCUT2D eigenvalue weighted by Gasteiger charge is -2.10. The standard InChI is InChI=1S/C23H20FN3O2S/c24-17-7-3-15(4-8-17)14-30-23-20(2-1-13-25-23)22(29)27-18-9-5-16(6-10-18)21(28)26-19-11-12-19/h1-10,13,19H,11-12,14H2,(H,26,28)(H,27,29). The number of nitrogens with zero attached hydrogens (tertiary/aromatic N) is 1. The highest BCUT2D eigenvalue weighted by atomic mass is 32.2. The summed E-state index contributed by atoms with van der Waals surface area (Å²) in [5.41, 5.74) is 2.57. The van der Waals surface area contributed by atoms with Gasteiger partial charge in [-0.25, -0.2) is 9.37 Å². The van der Waals surface area contributed by atoms with E-state index in [9.17, 15) is 14.0 Å². The van der Waals surface area contributed by atoms with Gasteiger partial charge >= 0.3 is 0 Å². The Morgan fingerprint density at radius 1 is 1.00 bits per heavy atom. The van der Waals surface area contributed by atoms with Crippen molar-refractivity contribution in [3.8, 4) is 0 Å². The quantitative estimate of drug-likeness (QED) is 0.545. The Morgan fingerprint density at radius 2 is 1.73 bits per heavy atom. The average molecular weight is 421 g/mol. The first-order chi connectivity index (χ1) is 14.6. The molecule has 0 unspecified atom stereocenters. The first kappa shape index (κ1) is 20.1. The van der Waals surface area contributed by atoms with Crippen molar-refractivity contribution in [3.63, 3.8) is 0 Å². The molecule has 0 radical (unpaired) electrons. The molecule has 152 valence electrons. The van der Waals surface area contributed by atoms with Gasteiger partial charge in [0.05, 0.1) is 5.56 Å². The van der Waals surface area contributed by atoms with Gasteiger partial charge in [0.15, 0.2) is 0 Å². The average Bonchev–Trinajstić information content (AvgIpc) is 3.58. The molecular formula is C23H20FN3O2S. The predicted octanol–water partition coefficient (Wildman–Crippen LogP) is 4.66. The van der Waals surface area contributed by atoms with Crippen LogP contribution < -0.4 is 10.6 Å². The molecule has 30 heavy (non-hydrogen) atoms. The van der Waals surface area contributed by atoms with Crippen molar-refractivity contribution < 1.29 is 14.0 Å². The van der Waals surface area contributed by atoms with Gasteiger partial charge in [-0.2, -0.15) is 0 Å². The van der Waals surface area contributed by atoms with Crippen molar-refractivity contribution in [2.75, 3.05) is 5.32 Å². The molecule has 1 heterocycles. The van der Waals surface area contributed by atoms with Crippen LogP contribution >= 0.6 is 11.8 Å². The molecule has 1 aliphatic carbocycles. The van der Waals surface area contributed by atoms with Crippen molar-refractivity contribution in [1.29, 1.82) is 0 Å². The lowest BCUT2D eigenvalue weighted by atomic mass is 10.2. The van der Waals surface area contributed by atoms with Gasteiger partial charge in [0, 0.05) is 29.2 Å². The molecule has 2 aromatic carbocycles. The highest BCUT2D eigenvalue weighted by Crippen LogP contribution is 2.25. The van der Waals surface area contributed by atoms with Gasteiger partial charge < -0.3 is 10.6 Å². The third-order valence-corrected chi connectivity index (χ3v) is 5.70. The molecule has 0 saturated heterocycles. The Hall–Kier alpha value is -3.19. The SMILES string of the molecule is O=C(NC1CC1)c1ccc(NC(=O)c2cccnc2SCc2ccc(F)cc2)cc1. The van der Waals surface area contributed by atoms with Crippen molar-refractivity contribution in [3.05, 3.63) is 89.4 Å². The zero-order valence-electron chi connectivity index (χ0n) is 16.1. The lowest BCUT2D eigenvalue weighted by molar-refractivity contribution is 0.0950. The summed E-state index contributed by atoms with van der Waals surface area (Å²) in [4.78, 5) is 29.2. The predicted molar refractivity (Wildman–Crippen MR) is 115 cm³/mol. The van der Waals surface area contributed by atoms with Gasteiger partial charge in [-0.1, -0.05) is 12.1 Å². The Kier molecular flexibility index (Phi) is 6.09. The second-order valence-corrected chi connectivity index (χ2v) is 8.01. The van der Waals surface area contributed by atoms with Crippen LogP contribution in [0.25, 0.3) is 0 Å². The number of carbonyl (C=O) groups excluding carboxylic acids is 2. The molecule has 2 N–H and O–H groups in total. The van der Waals surface area contributed by atoms with E-state index in [0.717, 1.165) is 18.4 Å². The Balaban J connectivity index is 1.40. The number of pyridine rings is 1. The van der Waals surface area contributed by atoms with Crippen LogP contribution in [0.3, 0.4) is 0 Å². The van der Waals surface area contributed by atoms with Gasteiger partial charge in [0.1, 0.15) is 10.8 Å². The Labute approximate surface area is 178 Å². The van der Waals surface area contributed by atoms with Crippen molar-refractivity contribution in [1.82, 2.24) is 10.3 Å². The zero-order valence-corrected chi connectivity index (χ0v) is 16.9. The van der Waals surface area contributed by atoms with Crippen LogP contribution in [-0.2, 0) is 5.75 Å². The number of anilines is 1. The van der Waals surface area contributed by atoms with Crippen LogP contribution in [0.5, 0.6) is 0 Å². The fraction of sp³-hybridized carbons (Fsp3) is 0.174. The van der Waals surface area contributed by atoms with E-state index >= 15 is 0 Å². The maximum Gasteiger partial charge on any atom is 0.258 e. The van der Waals surface area contributed by atoms with Crippen LogP contribution in [0.4, 0.5) is 10.1 Å². The van der Waals surface area contributed by atoms with Crippen molar-refractivity contribution in [2.24, 2.45) is 0 Å². The molecule has 0 aliphatic heterocycles. The monoisotopic (exact) mass is 421 g/mol. The summed E-state index contributed by atoms with van der Waals surface area (Å²) in [6.07, 6.45) is 3.70. The second-order valence-electron chi connectivity index (χ2n) is 7.05. The number of aromatic nitrogens is 1. The van der Waals surface area contributed by atoms with E-state index in [-0.39, 0.29) is 17.6 Å². The number of hydrogen-bond acceptors (Lipinski definition) is 4. The number of rotatable bonds is 7. The topological polar surface area (TPSA) is 71.1 Å². The number of halogens is 1. The maximum atomic E-state index is 13.1. The number of carbonyl (C=O) groups is 2. The smallest absolute Gasteiger partial charge is 0.258 e. The van der Waals surface area contributed by atoms with Gasteiger partial charge in [-0.15, -0.1) is 11.8 Å². The van der Waals surface area contributed by atoms with E-state index in [4.69, 9.17) is 0 Å². The third kappa shape index (κ3) is 5.24. The molecule has 0 bridgehead atoms. The summed E-state index contributed by atoms with van der Waals surface area (Å²) in [6.45, 7) is 0. The number of nitrogens with one attached hydrogen (secondary N) is 2. The zero-order chi connectivity index (χ0) is 20.9. The number of thioether (sulfide) groups is 1. The van der Waals surface area contributed by atoms with Crippen LogP contribution in [0.2, 0.25) is 0 Å². The summed E-state index contributed by atoms with van der Waals surface area (Å²) in [7, 11) is 0. The summed E-state index contributed by atoms with van der Waals surface area (Å²) in [5.74, 6) is -0.0813. The molecule has 2 amide bonds. The largest absolute Gasteiger partial charge is 0.349 e. The van der Waals surface area contributed by atoms with Gasteiger partial charge in [-0.05, 0) is 66.9 Å². The minimum Gasteiger partial charge on any atom is -0.349 e. The van der Waals surface area contributed by atoms with E-state index in [2.05, 4.69) is 15.6 Å². The highest BCUT2D eigenvalue weighted by molar-refractivity contribution is 7.98. The molecule has 3 aromatic rings. The molecule has 7 heteroatoms. The molecule has 0 atom stereocenters. The van der Waals surface area contributed by atoms with E-state index in [1.54, 1.807) is 54.7 Å². The molecule has 4 rings (SSSR count). The third-order valence-electron chi connectivity index (χ3n) is 4.62. The van der Waals surface area contributed by atoms with Crippen LogP contribution in [-0.4, -0.2) is 22.8 Å². The van der Waals surface area contributed by atoms with E-state index in [1.807, 2.05) is 0 Å². The molecule has 1 fully saturated rings. The normalized spacial score (nSPS) is 13.0. The number of benzene rings is 2.